The average Bonchev–Trinajstić information content (AvgIpc) is 2.61. The summed E-state index contributed by atoms with van der Waals surface area (Å²) in [6.45, 7) is 0.517. The second kappa shape index (κ2) is 8.68. The molecule has 0 fully saturated rings. The third-order valence-corrected chi connectivity index (χ3v) is 5.51. The molecule has 0 saturated heterocycles. The number of rotatable bonds is 9. The van der Waals surface area contributed by atoms with Gasteiger partial charge < -0.3 is 14.7 Å². The maximum absolute atomic E-state index is 12.0. The van der Waals surface area contributed by atoms with Crippen LogP contribution in [-0.2, 0) is 14.8 Å². The van der Waals surface area contributed by atoms with Crippen molar-refractivity contribution in [3.63, 3.8) is 0 Å². The van der Waals surface area contributed by atoms with Crippen LogP contribution in [0.1, 0.15) is 0 Å². The van der Waals surface area contributed by atoms with Crippen molar-refractivity contribution in [3.05, 3.63) is 54.6 Å². The Bertz CT molecular complexity index is 820. The minimum atomic E-state index is -3.47. The molecule has 0 aromatic heterocycles. The minimum Gasteiger partial charge on any atom is -0.492 e. The Kier molecular flexibility index (Phi) is 6.59. The second-order valence-electron chi connectivity index (χ2n) is 5.76. The predicted octanol–water partition coefficient (Wildman–Crippen LogP) is 1.91. The number of carbonyl (C=O) groups is 1. The minimum absolute atomic E-state index is 0.132. The van der Waals surface area contributed by atoms with Gasteiger partial charge in [0, 0.05) is 19.8 Å². The number of carboxylic acids is 1. The zero-order valence-electron chi connectivity index (χ0n) is 14.7. The summed E-state index contributed by atoms with van der Waals surface area (Å²) in [4.78, 5) is 12.9. The summed E-state index contributed by atoms with van der Waals surface area (Å²) in [6.07, 6.45) is 0. The Morgan fingerprint density at radius 3 is 2.19 bits per heavy atom. The first-order chi connectivity index (χ1) is 12.3. The smallest absolute Gasteiger partial charge is 0.323 e. The van der Waals surface area contributed by atoms with Gasteiger partial charge in [0.2, 0.25) is 10.0 Å². The van der Waals surface area contributed by atoms with E-state index in [0.717, 1.165) is 9.99 Å². The van der Waals surface area contributed by atoms with Crippen molar-refractivity contribution in [2.75, 3.05) is 38.7 Å². The van der Waals surface area contributed by atoms with E-state index >= 15 is 0 Å². The third kappa shape index (κ3) is 5.21. The lowest BCUT2D eigenvalue weighted by Gasteiger charge is -2.22. The van der Waals surface area contributed by atoms with E-state index in [1.54, 1.807) is 17.0 Å². The predicted molar refractivity (Wildman–Crippen MR) is 99.1 cm³/mol. The maximum Gasteiger partial charge on any atom is 0.323 e. The summed E-state index contributed by atoms with van der Waals surface area (Å²) in [5.41, 5.74) is 0.797. The van der Waals surface area contributed by atoms with Crippen LogP contribution in [0.3, 0.4) is 0 Å². The molecule has 0 aliphatic heterocycles. The molecule has 0 bridgehead atoms. The highest BCUT2D eigenvalue weighted by atomic mass is 32.2. The van der Waals surface area contributed by atoms with Gasteiger partial charge in [0.25, 0.3) is 0 Å². The van der Waals surface area contributed by atoms with E-state index in [1.165, 1.54) is 26.2 Å². The number of carboxylic acid groups (broad SMARTS) is 1. The summed E-state index contributed by atoms with van der Waals surface area (Å²) < 4.78 is 30.8. The topological polar surface area (TPSA) is 87.2 Å². The van der Waals surface area contributed by atoms with Crippen LogP contribution in [0, 0.1) is 0 Å². The van der Waals surface area contributed by atoms with E-state index in [9.17, 15) is 13.2 Å². The molecule has 140 valence electrons. The molecule has 0 radical (unpaired) electrons. The molecule has 0 atom stereocenters. The highest BCUT2D eigenvalue weighted by Gasteiger charge is 2.16. The highest BCUT2D eigenvalue weighted by molar-refractivity contribution is 7.89. The first kappa shape index (κ1) is 19.7. The Balaban J connectivity index is 1.98. The van der Waals surface area contributed by atoms with Crippen molar-refractivity contribution in [1.82, 2.24) is 4.31 Å². The standard InChI is InChI=1S/C18H22N2O5S/c1-19(2)26(23,24)17-10-8-16(9-11-17)25-13-12-20(14-18(21)22)15-6-4-3-5-7-15/h3-11H,12-14H2,1-2H3,(H,21,22). The molecule has 0 aliphatic carbocycles. The summed E-state index contributed by atoms with van der Waals surface area (Å²) in [5.74, 6) is -0.404. The van der Waals surface area contributed by atoms with Gasteiger partial charge in [-0.25, -0.2) is 12.7 Å². The van der Waals surface area contributed by atoms with E-state index in [1.807, 2.05) is 30.3 Å². The molecule has 0 unspecified atom stereocenters. The number of hydrogen-bond acceptors (Lipinski definition) is 5. The largest absolute Gasteiger partial charge is 0.492 e. The molecule has 0 aliphatic rings. The molecular weight excluding hydrogens is 356 g/mol. The third-order valence-electron chi connectivity index (χ3n) is 3.68. The first-order valence-electron chi connectivity index (χ1n) is 7.98. The lowest BCUT2D eigenvalue weighted by Crippen LogP contribution is -2.33. The van der Waals surface area contributed by atoms with Gasteiger partial charge in [-0.1, -0.05) is 18.2 Å². The van der Waals surface area contributed by atoms with E-state index in [2.05, 4.69) is 0 Å². The molecule has 1 N–H and O–H groups in total. The molecule has 0 spiro atoms. The Morgan fingerprint density at radius 1 is 1.04 bits per heavy atom. The van der Waals surface area contributed by atoms with Gasteiger partial charge in [-0.15, -0.1) is 0 Å². The van der Waals surface area contributed by atoms with Crippen LogP contribution in [0.15, 0.2) is 59.5 Å². The molecule has 8 heteroatoms. The van der Waals surface area contributed by atoms with Gasteiger partial charge in [0.05, 0.1) is 11.4 Å². The molecule has 0 heterocycles. The summed E-state index contributed by atoms with van der Waals surface area (Å²) in [5, 5.41) is 9.07. The van der Waals surface area contributed by atoms with Crippen LogP contribution < -0.4 is 9.64 Å². The number of benzene rings is 2. The Hall–Kier alpha value is -2.58. The molecule has 2 aromatic rings. The van der Waals surface area contributed by atoms with Crippen LogP contribution in [0.25, 0.3) is 0 Å². The van der Waals surface area contributed by atoms with Crippen LogP contribution in [-0.4, -0.2) is 57.6 Å². The van der Waals surface area contributed by atoms with E-state index in [4.69, 9.17) is 9.84 Å². The fourth-order valence-electron chi connectivity index (χ4n) is 2.29. The summed E-state index contributed by atoms with van der Waals surface area (Å²) in [6, 6.07) is 15.4. The quantitative estimate of drug-likeness (QED) is 0.717. The fraction of sp³-hybridized carbons (Fsp3) is 0.278. The highest BCUT2D eigenvalue weighted by Crippen LogP contribution is 2.18. The van der Waals surface area contributed by atoms with Crippen molar-refractivity contribution >= 4 is 21.7 Å². The Labute approximate surface area is 153 Å². The zero-order valence-corrected chi connectivity index (χ0v) is 15.5. The van der Waals surface area contributed by atoms with Gasteiger partial charge in [-0.05, 0) is 36.4 Å². The van der Waals surface area contributed by atoms with Gasteiger partial charge in [-0.2, -0.15) is 0 Å². The number of hydrogen-bond donors (Lipinski definition) is 1. The van der Waals surface area contributed by atoms with Crippen molar-refractivity contribution in [2.24, 2.45) is 0 Å². The molecule has 2 aromatic carbocycles. The van der Waals surface area contributed by atoms with E-state index < -0.39 is 16.0 Å². The fourth-order valence-corrected chi connectivity index (χ4v) is 3.20. The molecule has 2 rings (SSSR count). The van der Waals surface area contributed by atoms with Gasteiger partial charge in [0.1, 0.15) is 18.9 Å². The molecule has 26 heavy (non-hydrogen) atoms. The van der Waals surface area contributed by atoms with Crippen molar-refractivity contribution in [3.8, 4) is 5.75 Å². The van der Waals surface area contributed by atoms with Crippen LogP contribution >= 0.6 is 0 Å². The lowest BCUT2D eigenvalue weighted by atomic mass is 10.3. The van der Waals surface area contributed by atoms with Gasteiger partial charge in [0.15, 0.2) is 0 Å². The number of anilines is 1. The number of aliphatic carboxylic acids is 1. The van der Waals surface area contributed by atoms with Gasteiger partial charge in [-0.3, -0.25) is 4.79 Å². The number of para-hydroxylation sites is 1. The van der Waals surface area contributed by atoms with E-state index in [-0.39, 0.29) is 18.0 Å². The monoisotopic (exact) mass is 378 g/mol. The van der Waals surface area contributed by atoms with Crippen LogP contribution in [0.2, 0.25) is 0 Å². The normalized spacial score (nSPS) is 11.3. The molecule has 0 saturated carbocycles. The molecule has 0 amide bonds. The first-order valence-corrected chi connectivity index (χ1v) is 9.42. The summed E-state index contributed by atoms with van der Waals surface area (Å²) >= 11 is 0. The molecule has 7 nitrogen and oxygen atoms in total. The number of sulfonamides is 1. The zero-order chi connectivity index (χ0) is 19.2. The van der Waals surface area contributed by atoms with E-state index in [0.29, 0.717) is 12.3 Å². The summed E-state index contributed by atoms with van der Waals surface area (Å²) in [7, 11) is -0.528. The van der Waals surface area contributed by atoms with Crippen molar-refractivity contribution in [1.29, 1.82) is 0 Å². The lowest BCUT2D eigenvalue weighted by molar-refractivity contribution is -0.135. The van der Waals surface area contributed by atoms with Crippen molar-refractivity contribution in [2.45, 2.75) is 4.90 Å². The SMILES string of the molecule is CN(C)S(=O)(=O)c1ccc(OCCN(CC(=O)O)c2ccccc2)cc1. The maximum atomic E-state index is 12.0. The second-order valence-corrected chi connectivity index (χ2v) is 7.91. The number of nitrogens with zero attached hydrogens (tertiary/aromatic N) is 2. The van der Waals surface area contributed by atoms with Crippen LogP contribution in [0.4, 0.5) is 5.69 Å². The van der Waals surface area contributed by atoms with Crippen LogP contribution in [0.5, 0.6) is 5.75 Å². The number of ether oxygens (including phenoxy) is 1. The average molecular weight is 378 g/mol. The van der Waals surface area contributed by atoms with Gasteiger partial charge >= 0.3 is 5.97 Å². The Morgan fingerprint density at radius 2 is 1.65 bits per heavy atom. The van der Waals surface area contributed by atoms with Crippen molar-refractivity contribution < 1.29 is 23.1 Å². The molecular formula is C18H22N2O5S.